The van der Waals surface area contributed by atoms with E-state index >= 15 is 0 Å². The van der Waals surface area contributed by atoms with Gasteiger partial charge in [-0.05, 0) is 120 Å². The summed E-state index contributed by atoms with van der Waals surface area (Å²) in [6.07, 6.45) is 31.2. The molecule has 5 aliphatic carbocycles. The number of halogens is 1. The summed E-state index contributed by atoms with van der Waals surface area (Å²) < 4.78 is 1.13. The van der Waals surface area contributed by atoms with Crippen LogP contribution < -0.4 is 0 Å². The van der Waals surface area contributed by atoms with Crippen molar-refractivity contribution in [2.24, 2.45) is 17.8 Å². The molecule has 0 N–H and O–H groups in total. The number of allylic oxidation sites excluding steroid dienone is 13. The van der Waals surface area contributed by atoms with Gasteiger partial charge < -0.3 is 0 Å². The van der Waals surface area contributed by atoms with E-state index in [-0.39, 0.29) is 5.41 Å². The second-order valence-corrected chi connectivity index (χ2v) is 15.8. The van der Waals surface area contributed by atoms with Crippen LogP contribution in [-0.4, -0.2) is 0 Å². The molecule has 5 atom stereocenters. The fourth-order valence-corrected chi connectivity index (χ4v) is 10.1. The first-order chi connectivity index (χ1) is 26.1. The summed E-state index contributed by atoms with van der Waals surface area (Å²) >= 11 is 3.56. The average molecular weight is 758 g/mol. The van der Waals surface area contributed by atoms with Gasteiger partial charge >= 0.3 is 0 Å². The van der Waals surface area contributed by atoms with Crippen LogP contribution in [0.3, 0.4) is 0 Å². The molecule has 53 heavy (non-hydrogen) atoms. The van der Waals surface area contributed by atoms with E-state index in [2.05, 4.69) is 175 Å². The van der Waals surface area contributed by atoms with E-state index in [4.69, 9.17) is 0 Å². The number of hydrogen-bond donors (Lipinski definition) is 0. The van der Waals surface area contributed by atoms with Crippen LogP contribution in [0.5, 0.6) is 0 Å². The minimum Gasteiger partial charge on any atom is -0.0882 e. The predicted molar refractivity (Wildman–Crippen MR) is 233 cm³/mol. The van der Waals surface area contributed by atoms with Crippen molar-refractivity contribution in [2.45, 2.75) is 71.1 Å². The normalized spacial score (nSPS) is 24.6. The highest BCUT2D eigenvalue weighted by atomic mass is 79.9. The van der Waals surface area contributed by atoms with Crippen molar-refractivity contribution >= 4 is 33.2 Å². The van der Waals surface area contributed by atoms with Crippen LogP contribution in [0.1, 0.15) is 97.7 Å². The Morgan fingerprint density at radius 1 is 0.792 bits per heavy atom. The van der Waals surface area contributed by atoms with Crippen LogP contribution in [0.2, 0.25) is 0 Å². The summed E-state index contributed by atoms with van der Waals surface area (Å²) in [7, 11) is 0. The molecule has 0 bridgehead atoms. The third-order valence-electron chi connectivity index (χ3n) is 11.9. The van der Waals surface area contributed by atoms with Crippen LogP contribution in [-0.2, 0) is 5.41 Å². The maximum atomic E-state index is 3.56. The number of benzene rings is 4. The van der Waals surface area contributed by atoms with Crippen molar-refractivity contribution in [1.29, 1.82) is 0 Å². The first-order valence-corrected chi connectivity index (χ1v) is 20.6. The number of fused-ring (bicyclic) bond motifs is 10. The molecule has 268 valence electrons. The molecule has 5 unspecified atom stereocenters. The van der Waals surface area contributed by atoms with Crippen LogP contribution in [0.4, 0.5) is 0 Å². The van der Waals surface area contributed by atoms with Gasteiger partial charge in [0.2, 0.25) is 0 Å². The van der Waals surface area contributed by atoms with Crippen LogP contribution in [0.25, 0.3) is 17.2 Å². The van der Waals surface area contributed by atoms with E-state index < -0.39 is 0 Å². The summed E-state index contributed by atoms with van der Waals surface area (Å²) in [6.45, 7) is 8.12. The van der Waals surface area contributed by atoms with E-state index in [0.29, 0.717) is 23.7 Å². The first kappa shape index (κ1) is 36.9. The zero-order valence-corrected chi connectivity index (χ0v) is 33.4. The minimum absolute atomic E-state index is 0.0883. The van der Waals surface area contributed by atoms with Crippen molar-refractivity contribution in [2.75, 3.05) is 0 Å². The highest BCUT2D eigenvalue weighted by molar-refractivity contribution is 9.10. The van der Waals surface area contributed by atoms with Crippen LogP contribution in [0.15, 0.2) is 168 Å². The van der Waals surface area contributed by atoms with Crippen molar-refractivity contribution in [3.63, 3.8) is 0 Å². The molecule has 0 aliphatic heterocycles. The van der Waals surface area contributed by atoms with Crippen molar-refractivity contribution in [1.82, 2.24) is 0 Å². The lowest BCUT2D eigenvalue weighted by Gasteiger charge is -2.43. The van der Waals surface area contributed by atoms with Gasteiger partial charge in [0.1, 0.15) is 0 Å². The van der Waals surface area contributed by atoms with Crippen molar-refractivity contribution in [3.8, 4) is 0 Å². The van der Waals surface area contributed by atoms with Crippen LogP contribution >= 0.6 is 15.9 Å². The van der Waals surface area contributed by atoms with Gasteiger partial charge in [0, 0.05) is 15.8 Å². The zero-order chi connectivity index (χ0) is 36.8. The van der Waals surface area contributed by atoms with Crippen molar-refractivity contribution in [3.05, 3.63) is 207 Å². The molecule has 1 spiro atoms. The van der Waals surface area contributed by atoms with Gasteiger partial charge in [-0.15, -0.1) is 0 Å². The predicted octanol–water partition coefficient (Wildman–Crippen LogP) is 14.8. The Bertz CT molecular complexity index is 2130. The molecule has 9 rings (SSSR count). The molecule has 0 aromatic heterocycles. The lowest BCUT2D eigenvalue weighted by Crippen LogP contribution is -2.39. The molecule has 0 nitrogen and oxygen atoms in total. The Balaban J connectivity index is 0.000000265. The Morgan fingerprint density at radius 3 is 2.34 bits per heavy atom. The fraction of sp³-hybridized carbons (Fsp3) is 0.269. The summed E-state index contributed by atoms with van der Waals surface area (Å²) in [5.74, 6) is 2.38. The Labute approximate surface area is 327 Å². The van der Waals surface area contributed by atoms with Crippen LogP contribution in [0, 0.1) is 24.7 Å². The second-order valence-electron chi connectivity index (χ2n) is 14.9. The van der Waals surface area contributed by atoms with Gasteiger partial charge in [-0.1, -0.05) is 193 Å². The number of hydrogen-bond acceptors (Lipinski definition) is 0. The largest absolute Gasteiger partial charge is 0.0882 e. The van der Waals surface area contributed by atoms with Gasteiger partial charge in [-0.25, -0.2) is 0 Å². The number of rotatable bonds is 5. The monoisotopic (exact) mass is 756 g/mol. The molecule has 0 saturated carbocycles. The molecule has 5 aliphatic rings. The maximum absolute atomic E-state index is 3.56. The van der Waals surface area contributed by atoms with Gasteiger partial charge in [-0.2, -0.15) is 0 Å². The minimum atomic E-state index is 0.0883. The fourth-order valence-electron chi connectivity index (χ4n) is 9.79. The molecular weight excluding hydrogens is 704 g/mol. The lowest BCUT2D eigenvalue weighted by molar-refractivity contribution is 0.249. The van der Waals surface area contributed by atoms with E-state index in [1.807, 2.05) is 32.9 Å². The van der Waals surface area contributed by atoms with Crippen molar-refractivity contribution < 1.29 is 0 Å². The number of aryl methyl sites for hydroxylation is 1. The van der Waals surface area contributed by atoms with Gasteiger partial charge in [-0.3, -0.25) is 0 Å². The average Bonchev–Trinajstić information content (AvgIpc) is 3.67. The first-order valence-electron chi connectivity index (χ1n) is 19.8. The molecule has 0 heterocycles. The second kappa shape index (κ2) is 16.7. The topological polar surface area (TPSA) is 0 Å². The molecule has 0 fully saturated rings. The SMILES string of the molecule is Brc1ccc(C2=CCC(CC3=CC=C4c5ccccc5C5(c6ccccc6C6CC=CCC65)C4C3)C=C2)cc1.C/C=C\C=C/c1cccc(C)c1.CC. The summed E-state index contributed by atoms with van der Waals surface area (Å²) in [5.41, 5.74) is 14.8. The van der Waals surface area contributed by atoms with E-state index in [0.717, 1.165) is 17.3 Å². The molecule has 0 radical (unpaired) electrons. The van der Waals surface area contributed by atoms with E-state index in [1.54, 1.807) is 27.8 Å². The third kappa shape index (κ3) is 7.26. The quantitative estimate of drug-likeness (QED) is 0.140. The maximum Gasteiger partial charge on any atom is 0.0320 e. The van der Waals surface area contributed by atoms with E-state index in [9.17, 15) is 0 Å². The smallest absolute Gasteiger partial charge is 0.0320 e. The third-order valence-corrected chi connectivity index (χ3v) is 12.5. The Kier molecular flexibility index (Phi) is 11.6. The molecule has 0 amide bonds. The highest BCUT2D eigenvalue weighted by Crippen LogP contribution is 2.68. The lowest BCUT2D eigenvalue weighted by atomic mass is 9.59. The zero-order valence-electron chi connectivity index (χ0n) is 31.8. The summed E-state index contributed by atoms with van der Waals surface area (Å²) in [4.78, 5) is 0. The summed E-state index contributed by atoms with van der Waals surface area (Å²) in [5, 5.41) is 0. The summed E-state index contributed by atoms with van der Waals surface area (Å²) in [6, 6.07) is 36.0. The van der Waals surface area contributed by atoms with E-state index in [1.165, 1.54) is 47.1 Å². The van der Waals surface area contributed by atoms with Gasteiger partial charge in [0.15, 0.2) is 0 Å². The molecule has 1 heteroatoms. The van der Waals surface area contributed by atoms with Gasteiger partial charge in [0.25, 0.3) is 0 Å². The molecular formula is C52H53Br. The Hall–Kier alpha value is -4.46. The molecule has 0 saturated heterocycles. The standard InChI is InChI=1S/C38H33Br.C12H14.C2H6/c39-29-20-18-28(19-21-29)27-16-13-25(14-17-27)23-26-15-22-33-32-9-3-6-12-36(32)38(37(33)24-26)34-10-4-1-7-30(34)31-8-2-5-11-35(31)38;1-3-4-5-8-12-9-6-7-11(2)10-12;1-2/h1-7,9-10,12-13,15-22,25,31,35,37H,8,11,14,23-24H2;3-10H,1-2H3;1-2H3/b;4-3-,8-5-;. The highest BCUT2D eigenvalue weighted by Gasteiger charge is 2.61. The molecule has 4 aromatic rings. The van der Waals surface area contributed by atoms with Gasteiger partial charge in [0.05, 0.1) is 0 Å². The molecule has 4 aromatic carbocycles. The Morgan fingerprint density at radius 2 is 1.57 bits per heavy atom.